The molecule has 0 amide bonds. The fraction of sp³-hybridized carbons (Fsp3) is 0.133. The van der Waals surface area contributed by atoms with E-state index in [0.717, 1.165) is 22.4 Å². The number of rotatable bonds is 3. The maximum absolute atomic E-state index is 10.1. The van der Waals surface area contributed by atoms with E-state index in [2.05, 4.69) is 115 Å². The van der Waals surface area contributed by atoms with Gasteiger partial charge in [0.2, 0.25) is 0 Å². The topological polar surface area (TPSA) is 6.48 Å². The molecule has 0 saturated carbocycles. The molecule has 0 aromatic heterocycles. The van der Waals surface area contributed by atoms with Crippen LogP contribution in [0.3, 0.4) is 0 Å². The minimum absolute atomic E-state index is 0.132. The molecule has 6 rings (SSSR count). The minimum Gasteiger partial charge on any atom is -0.334 e. The van der Waals surface area contributed by atoms with Crippen molar-refractivity contribution in [3.05, 3.63) is 143 Å². The highest BCUT2D eigenvalue weighted by atomic mass is 15.4. The lowest BCUT2D eigenvalue weighted by molar-refractivity contribution is 0.285. The smallest absolute Gasteiger partial charge is 0.133 e. The van der Waals surface area contributed by atoms with Crippen LogP contribution < -0.4 is 4.90 Å². The molecule has 0 bridgehead atoms. The fourth-order valence-electron chi connectivity index (χ4n) is 5.25. The van der Waals surface area contributed by atoms with E-state index in [4.69, 9.17) is 0 Å². The summed E-state index contributed by atoms with van der Waals surface area (Å²) in [6, 6.07) is 36.8. The highest BCUT2D eigenvalue weighted by molar-refractivity contribution is 5.83. The van der Waals surface area contributed by atoms with Crippen molar-refractivity contribution in [3.8, 4) is 0 Å². The van der Waals surface area contributed by atoms with E-state index in [9.17, 15) is 1.37 Å². The quantitative estimate of drug-likeness (QED) is 0.346. The van der Waals surface area contributed by atoms with Crippen molar-refractivity contribution in [2.75, 3.05) is 4.90 Å². The number of anilines is 1. The Labute approximate surface area is 191 Å². The number of hydrogen-bond donors (Lipinski definition) is 0. The average Bonchev–Trinajstić information content (AvgIpc) is 3.32. The van der Waals surface area contributed by atoms with Gasteiger partial charge < -0.3 is 9.80 Å². The fourth-order valence-corrected chi connectivity index (χ4v) is 5.25. The molecule has 2 aliphatic heterocycles. The number of benzene rings is 4. The Kier molecular flexibility index (Phi) is 4.14. The molecule has 0 spiro atoms. The van der Waals surface area contributed by atoms with Crippen molar-refractivity contribution in [1.82, 2.24) is 4.90 Å². The number of nitrogens with zero attached hydrogens (tertiary/aromatic N) is 2. The normalized spacial score (nSPS) is 22.1. The Morgan fingerprint density at radius 2 is 1.25 bits per heavy atom. The van der Waals surface area contributed by atoms with E-state index in [1.54, 1.807) is 0 Å². The Balaban J connectivity index is 1.68. The Morgan fingerprint density at radius 1 is 0.656 bits per heavy atom. The summed E-state index contributed by atoms with van der Waals surface area (Å²) in [5.41, 5.74) is 9.06. The summed E-state index contributed by atoms with van der Waals surface area (Å²) in [5, 5.41) is 0. The first-order valence-corrected chi connectivity index (χ1v) is 11.2. The Bertz CT molecular complexity index is 1360. The van der Waals surface area contributed by atoms with E-state index in [-0.39, 0.29) is 6.17 Å². The minimum atomic E-state index is -1.04. The molecule has 0 saturated heterocycles. The second-order valence-corrected chi connectivity index (χ2v) is 8.51. The lowest BCUT2D eigenvalue weighted by atomic mass is 9.96. The molecular weight excluding hydrogens is 388 g/mol. The first-order valence-electron chi connectivity index (χ1n) is 11.7. The summed E-state index contributed by atoms with van der Waals surface area (Å²) in [4.78, 5) is 4.74. The molecule has 2 nitrogen and oxygen atoms in total. The number of allylic oxidation sites excluding steroid dienone is 1. The Morgan fingerprint density at radius 3 is 1.97 bits per heavy atom. The number of hydrogen-bond acceptors (Lipinski definition) is 2. The van der Waals surface area contributed by atoms with Crippen LogP contribution in [-0.4, -0.2) is 4.90 Å². The third-order valence-corrected chi connectivity index (χ3v) is 6.63. The second kappa shape index (κ2) is 7.42. The predicted molar refractivity (Wildman–Crippen MR) is 132 cm³/mol. The number of para-hydroxylation sites is 1. The van der Waals surface area contributed by atoms with Crippen LogP contribution in [0.25, 0.3) is 5.70 Å². The van der Waals surface area contributed by atoms with Crippen molar-refractivity contribution < 1.29 is 1.37 Å². The van der Waals surface area contributed by atoms with Gasteiger partial charge >= 0.3 is 0 Å². The zero-order chi connectivity index (χ0) is 22.6. The summed E-state index contributed by atoms with van der Waals surface area (Å²) in [6.07, 6.45) is -0.132. The number of fused-ring (bicyclic) bond motifs is 3. The average molecular weight is 416 g/mol. The molecule has 2 heterocycles. The molecular formula is C30H26N2. The lowest BCUT2D eigenvalue weighted by Gasteiger charge is -2.38. The summed E-state index contributed by atoms with van der Waals surface area (Å²) in [5.74, 6) is 0. The SMILES string of the molecule is [2H]C1(c2ccccc2)c2ccccc2C2=C(C)N(c3ccccc3C)C(c3ccccc3)N21. The standard InChI is InChI=1S/C30H26N2/c1-21-13-9-12-20-27(21)31-22(2)28-25-18-10-11-19-26(25)29(23-14-5-3-6-15-23)32(28)30(31)24-16-7-4-8-17-24/h3-20,29-30H,1-2H3/i29D. The van der Waals surface area contributed by atoms with Crippen molar-refractivity contribution in [2.24, 2.45) is 0 Å². The van der Waals surface area contributed by atoms with Gasteiger partial charge in [-0.2, -0.15) is 0 Å². The van der Waals surface area contributed by atoms with Crippen LogP contribution in [0.5, 0.6) is 0 Å². The molecule has 2 unspecified atom stereocenters. The molecule has 2 heteroatoms. The molecule has 4 aromatic rings. The molecule has 4 aromatic carbocycles. The predicted octanol–water partition coefficient (Wildman–Crippen LogP) is 7.31. The molecule has 2 atom stereocenters. The van der Waals surface area contributed by atoms with Gasteiger partial charge in [-0.25, -0.2) is 0 Å². The molecule has 0 aliphatic carbocycles. The van der Waals surface area contributed by atoms with Crippen LogP contribution >= 0.6 is 0 Å². The van der Waals surface area contributed by atoms with Crippen molar-refractivity contribution in [1.29, 1.82) is 0 Å². The lowest BCUT2D eigenvalue weighted by Crippen LogP contribution is -2.34. The third kappa shape index (κ3) is 2.73. The molecule has 0 N–H and O–H groups in total. The third-order valence-electron chi connectivity index (χ3n) is 6.63. The van der Waals surface area contributed by atoms with E-state index in [0.29, 0.717) is 0 Å². The largest absolute Gasteiger partial charge is 0.334 e. The number of aryl methyl sites for hydroxylation is 1. The summed E-state index contributed by atoms with van der Waals surface area (Å²) < 4.78 is 10.1. The van der Waals surface area contributed by atoms with Gasteiger partial charge in [-0.05, 0) is 42.2 Å². The maximum Gasteiger partial charge on any atom is 0.133 e. The van der Waals surface area contributed by atoms with E-state index in [1.165, 1.54) is 22.5 Å². The Hall–Kier alpha value is -3.78. The van der Waals surface area contributed by atoms with Crippen molar-refractivity contribution in [3.63, 3.8) is 0 Å². The first-order chi connectivity index (χ1) is 16.1. The van der Waals surface area contributed by atoms with E-state index in [1.807, 2.05) is 18.2 Å². The molecule has 156 valence electrons. The molecule has 0 radical (unpaired) electrons. The monoisotopic (exact) mass is 415 g/mol. The van der Waals surface area contributed by atoms with Crippen LogP contribution in [0.15, 0.2) is 115 Å². The highest BCUT2D eigenvalue weighted by Crippen LogP contribution is 2.57. The van der Waals surface area contributed by atoms with Gasteiger partial charge in [0.25, 0.3) is 0 Å². The highest BCUT2D eigenvalue weighted by Gasteiger charge is 2.48. The zero-order valence-electron chi connectivity index (χ0n) is 19.4. The summed E-state index contributed by atoms with van der Waals surface area (Å²) >= 11 is 0. The second-order valence-electron chi connectivity index (χ2n) is 8.51. The van der Waals surface area contributed by atoms with E-state index >= 15 is 0 Å². The molecule has 2 aliphatic rings. The van der Waals surface area contributed by atoms with Gasteiger partial charge in [-0.15, -0.1) is 0 Å². The maximum atomic E-state index is 10.1. The van der Waals surface area contributed by atoms with Crippen LogP contribution in [0.4, 0.5) is 5.69 Å². The summed E-state index contributed by atoms with van der Waals surface area (Å²) in [7, 11) is 0. The zero-order valence-corrected chi connectivity index (χ0v) is 18.4. The van der Waals surface area contributed by atoms with Crippen molar-refractivity contribution >= 4 is 11.4 Å². The van der Waals surface area contributed by atoms with Gasteiger partial charge in [0, 0.05) is 16.9 Å². The first kappa shape index (κ1) is 17.9. The van der Waals surface area contributed by atoms with Gasteiger partial charge in [0.15, 0.2) is 0 Å². The van der Waals surface area contributed by atoms with Crippen LogP contribution in [0.1, 0.15) is 48.3 Å². The molecule has 32 heavy (non-hydrogen) atoms. The van der Waals surface area contributed by atoms with Crippen LogP contribution in [-0.2, 0) is 0 Å². The van der Waals surface area contributed by atoms with Gasteiger partial charge in [0.05, 0.1) is 13.1 Å². The van der Waals surface area contributed by atoms with Gasteiger partial charge in [-0.1, -0.05) is 103 Å². The van der Waals surface area contributed by atoms with Gasteiger partial charge in [0.1, 0.15) is 6.17 Å². The molecule has 0 fully saturated rings. The van der Waals surface area contributed by atoms with Crippen molar-refractivity contribution in [2.45, 2.75) is 26.0 Å². The summed E-state index contributed by atoms with van der Waals surface area (Å²) in [6.45, 7) is 4.36. The van der Waals surface area contributed by atoms with Crippen LogP contribution in [0, 0.1) is 6.92 Å². The van der Waals surface area contributed by atoms with E-state index < -0.39 is 6.02 Å². The van der Waals surface area contributed by atoms with Gasteiger partial charge in [-0.3, -0.25) is 0 Å². The van der Waals surface area contributed by atoms with Crippen LogP contribution in [0.2, 0.25) is 0 Å².